The minimum absolute atomic E-state index is 0.137. The first-order valence-corrected chi connectivity index (χ1v) is 6.50. The Bertz CT molecular complexity index is 423. The van der Waals surface area contributed by atoms with Crippen LogP contribution in [0.15, 0.2) is 22.7 Å². The van der Waals surface area contributed by atoms with Crippen LogP contribution >= 0.6 is 15.9 Å². The quantitative estimate of drug-likeness (QED) is 0.849. The summed E-state index contributed by atoms with van der Waals surface area (Å²) in [5.74, 6) is 0.280. The minimum atomic E-state index is -0.632. The number of benzene rings is 1. The Labute approximate surface area is 116 Å². The number of carbonyl (C=O) groups excluding carboxylic acids is 1. The monoisotopic (exact) mass is 315 g/mol. The van der Waals surface area contributed by atoms with Gasteiger partial charge in [0.05, 0.1) is 7.11 Å². The average molecular weight is 316 g/mol. The predicted molar refractivity (Wildman–Crippen MR) is 73.7 cm³/mol. The van der Waals surface area contributed by atoms with E-state index in [-0.39, 0.29) is 6.04 Å². The Morgan fingerprint density at radius 1 is 1.39 bits per heavy atom. The van der Waals surface area contributed by atoms with Gasteiger partial charge in [-0.3, -0.25) is 0 Å². The summed E-state index contributed by atoms with van der Waals surface area (Å²) < 4.78 is 11.2. The fourth-order valence-electron chi connectivity index (χ4n) is 1.53. The largest absolute Gasteiger partial charge is 0.479 e. The van der Waals surface area contributed by atoms with Crippen molar-refractivity contribution in [1.82, 2.24) is 5.32 Å². The average Bonchev–Trinajstić information content (AvgIpc) is 2.37. The second-order valence-electron chi connectivity index (χ2n) is 3.98. The van der Waals surface area contributed by atoms with Gasteiger partial charge in [-0.1, -0.05) is 22.0 Å². The lowest BCUT2D eigenvalue weighted by atomic mass is 10.1. The van der Waals surface area contributed by atoms with Gasteiger partial charge >= 0.3 is 5.97 Å². The van der Waals surface area contributed by atoms with Gasteiger partial charge in [-0.15, -0.1) is 0 Å². The van der Waals surface area contributed by atoms with Gasteiger partial charge in [-0.25, -0.2) is 4.79 Å². The van der Waals surface area contributed by atoms with Crippen LogP contribution in [0.5, 0.6) is 5.75 Å². The lowest BCUT2D eigenvalue weighted by Crippen LogP contribution is -2.26. The summed E-state index contributed by atoms with van der Waals surface area (Å²) in [5.41, 5.74) is 0.997. The number of hydrogen-bond acceptors (Lipinski definition) is 4. The van der Waals surface area contributed by atoms with Gasteiger partial charge in [0, 0.05) is 16.1 Å². The van der Waals surface area contributed by atoms with Crippen molar-refractivity contribution in [3.63, 3.8) is 0 Å². The zero-order chi connectivity index (χ0) is 13.7. The number of rotatable bonds is 5. The number of carbonyl (C=O) groups is 1. The molecule has 0 aromatic heterocycles. The third-order valence-electron chi connectivity index (χ3n) is 2.71. The van der Waals surface area contributed by atoms with Gasteiger partial charge in [0.15, 0.2) is 6.10 Å². The zero-order valence-corrected chi connectivity index (χ0v) is 12.6. The topological polar surface area (TPSA) is 47.6 Å². The van der Waals surface area contributed by atoms with Gasteiger partial charge < -0.3 is 14.8 Å². The smallest absolute Gasteiger partial charge is 0.346 e. The van der Waals surface area contributed by atoms with E-state index in [1.54, 1.807) is 6.92 Å². The van der Waals surface area contributed by atoms with Crippen LogP contribution in [0.2, 0.25) is 0 Å². The number of hydrogen-bond donors (Lipinski definition) is 1. The summed E-state index contributed by atoms with van der Waals surface area (Å²) >= 11 is 3.39. The Morgan fingerprint density at radius 2 is 2.06 bits per heavy atom. The summed E-state index contributed by atoms with van der Waals surface area (Å²) in [5, 5.41) is 3.15. The van der Waals surface area contributed by atoms with Crippen LogP contribution in [-0.4, -0.2) is 26.2 Å². The molecule has 0 aliphatic carbocycles. The molecular formula is C13H18BrNO3. The Balaban J connectivity index is 2.98. The number of esters is 1. The van der Waals surface area contributed by atoms with Crippen molar-refractivity contribution in [2.45, 2.75) is 26.0 Å². The minimum Gasteiger partial charge on any atom is -0.479 e. The zero-order valence-electron chi connectivity index (χ0n) is 11.0. The molecule has 4 nitrogen and oxygen atoms in total. The van der Waals surface area contributed by atoms with Crippen molar-refractivity contribution in [2.24, 2.45) is 0 Å². The van der Waals surface area contributed by atoms with E-state index in [0.717, 1.165) is 10.0 Å². The first-order valence-electron chi connectivity index (χ1n) is 5.70. The van der Waals surface area contributed by atoms with Gasteiger partial charge in [0.25, 0.3) is 0 Å². The van der Waals surface area contributed by atoms with Crippen LogP contribution in [0.1, 0.15) is 25.5 Å². The maximum absolute atomic E-state index is 11.4. The first-order chi connectivity index (χ1) is 8.49. The molecule has 0 amide bonds. The molecule has 1 rings (SSSR count). The molecule has 100 valence electrons. The molecule has 0 spiro atoms. The van der Waals surface area contributed by atoms with E-state index >= 15 is 0 Å². The molecule has 2 unspecified atom stereocenters. The van der Waals surface area contributed by atoms with Gasteiger partial charge in [0.2, 0.25) is 0 Å². The first kappa shape index (κ1) is 15.0. The second-order valence-corrected chi connectivity index (χ2v) is 4.89. The molecular weight excluding hydrogens is 298 g/mol. The maximum atomic E-state index is 11.4. The van der Waals surface area contributed by atoms with Crippen molar-refractivity contribution in [3.05, 3.63) is 28.2 Å². The van der Waals surface area contributed by atoms with E-state index in [4.69, 9.17) is 4.74 Å². The van der Waals surface area contributed by atoms with Crippen LogP contribution in [-0.2, 0) is 9.53 Å². The van der Waals surface area contributed by atoms with Gasteiger partial charge in [0.1, 0.15) is 5.75 Å². The van der Waals surface area contributed by atoms with Crippen LogP contribution in [0, 0.1) is 0 Å². The molecule has 1 aromatic carbocycles. The van der Waals surface area contributed by atoms with Crippen LogP contribution in [0.3, 0.4) is 0 Å². The van der Waals surface area contributed by atoms with Crippen LogP contribution < -0.4 is 10.1 Å². The molecule has 1 N–H and O–H groups in total. The second kappa shape index (κ2) is 6.75. The van der Waals surface area contributed by atoms with Gasteiger partial charge in [-0.2, -0.15) is 0 Å². The Morgan fingerprint density at radius 3 is 2.61 bits per heavy atom. The molecule has 0 aliphatic rings. The molecule has 0 radical (unpaired) electrons. The van der Waals surface area contributed by atoms with E-state index in [9.17, 15) is 4.79 Å². The summed E-state index contributed by atoms with van der Waals surface area (Å²) in [7, 11) is 3.22. The fraction of sp³-hybridized carbons (Fsp3) is 0.462. The van der Waals surface area contributed by atoms with Crippen molar-refractivity contribution in [3.8, 4) is 5.75 Å². The molecule has 0 heterocycles. The highest BCUT2D eigenvalue weighted by atomic mass is 79.9. The number of nitrogens with one attached hydrogen (secondary N) is 1. The highest BCUT2D eigenvalue weighted by molar-refractivity contribution is 9.10. The molecule has 18 heavy (non-hydrogen) atoms. The molecule has 0 fully saturated rings. The molecule has 0 bridgehead atoms. The summed E-state index contributed by atoms with van der Waals surface area (Å²) in [6, 6.07) is 5.89. The molecule has 1 aromatic rings. The van der Waals surface area contributed by atoms with Crippen LogP contribution in [0.4, 0.5) is 0 Å². The van der Waals surface area contributed by atoms with Crippen molar-refractivity contribution in [2.75, 3.05) is 14.2 Å². The summed E-state index contributed by atoms with van der Waals surface area (Å²) in [6.07, 6.45) is -0.632. The third kappa shape index (κ3) is 3.71. The summed E-state index contributed by atoms with van der Waals surface area (Å²) in [4.78, 5) is 11.4. The highest BCUT2D eigenvalue weighted by Crippen LogP contribution is 2.29. The fourth-order valence-corrected chi connectivity index (χ4v) is 1.87. The normalized spacial score (nSPS) is 13.8. The van der Waals surface area contributed by atoms with Crippen molar-refractivity contribution >= 4 is 21.9 Å². The Hall–Kier alpha value is -1.07. The van der Waals surface area contributed by atoms with Gasteiger partial charge in [-0.05, 0) is 33.0 Å². The number of halogens is 1. The third-order valence-corrected chi connectivity index (χ3v) is 3.21. The molecule has 2 atom stereocenters. The van der Waals surface area contributed by atoms with E-state index in [2.05, 4.69) is 26.0 Å². The number of methoxy groups -OCH3 is 1. The van der Waals surface area contributed by atoms with Crippen LogP contribution in [0.25, 0.3) is 0 Å². The standard InChI is InChI=1S/C13H18BrNO3/c1-8(15-3)11-6-5-10(14)7-12(11)18-9(2)13(16)17-4/h5-9,15H,1-4H3. The van der Waals surface area contributed by atoms with E-state index < -0.39 is 12.1 Å². The molecule has 0 saturated carbocycles. The van der Waals surface area contributed by atoms with E-state index in [0.29, 0.717) is 5.75 Å². The molecule has 0 aliphatic heterocycles. The maximum Gasteiger partial charge on any atom is 0.346 e. The van der Waals surface area contributed by atoms with E-state index in [1.807, 2.05) is 32.2 Å². The predicted octanol–water partition coefficient (Wildman–Crippen LogP) is 2.67. The SMILES string of the molecule is CNC(C)c1ccc(Br)cc1OC(C)C(=O)OC. The highest BCUT2D eigenvalue weighted by Gasteiger charge is 2.18. The molecule has 5 heteroatoms. The Kier molecular flexibility index (Phi) is 5.62. The molecule has 0 saturated heterocycles. The van der Waals surface area contributed by atoms with Crippen molar-refractivity contribution < 1.29 is 14.3 Å². The van der Waals surface area contributed by atoms with Crippen molar-refractivity contribution in [1.29, 1.82) is 0 Å². The number of ether oxygens (including phenoxy) is 2. The lowest BCUT2D eigenvalue weighted by Gasteiger charge is -2.19. The summed E-state index contributed by atoms with van der Waals surface area (Å²) in [6.45, 7) is 3.69. The van der Waals surface area contributed by atoms with E-state index in [1.165, 1.54) is 7.11 Å². The lowest BCUT2D eigenvalue weighted by molar-refractivity contribution is -0.147.